The van der Waals surface area contributed by atoms with Gasteiger partial charge in [-0.2, -0.15) is 6.08 Å². The van der Waals surface area contributed by atoms with Crippen molar-refractivity contribution in [1.29, 1.82) is 0 Å². The molecule has 0 aromatic carbocycles. The van der Waals surface area contributed by atoms with Crippen LogP contribution >= 0.6 is 0 Å². The van der Waals surface area contributed by atoms with Gasteiger partial charge in [0.25, 0.3) is 0 Å². The Morgan fingerprint density at radius 2 is 1.86 bits per heavy atom. The molecule has 0 aromatic rings. The molecule has 0 saturated heterocycles. The van der Waals surface area contributed by atoms with Crippen LogP contribution in [0.3, 0.4) is 0 Å². The summed E-state index contributed by atoms with van der Waals surface area (Å²) in [6.07, 6.45) is 9.65. The van der Waals surface area contributed by atoms with E-state index in [0.29, 0.717) is 0 Å². The fourth-order valence-corrected chi connectivity index (χ4v) is 0.693. The van der Waals surface area contributed by atoms with E-state index in [9.17, 15) is 0 Å². The Balaban J connectivity index is 0. The van der Waals surface area contributed by atoms with E-state index in [4.69, 9.17) is 0 Å². The predicted octanol–water partition coefficient (Wildman–Crippen LogP) is 4.22. The largest absolute Gasteiger partial charge is 0.270 e. The van der Waals surface area contributed by atoms with Crippen LogP contribution in [0.25, 0.3) is 0 Å². The molecule has 0 fully saturated rings. The van der Waals surface area contributed by atoms with E-state index >= 15 is 0 Å². The topological polar surface area (TPSA) is 0 Å². The van der Waals surface area contributed by atoms with Gasteiger partial charge in [0.15, 0.2) is 0 Å². The first-order chi connectivity index (χ1) is 6.07. The molecule has 0 nitrogen and oxygen atoms in total. The maximum atomic E-state index is 3.66. The summed E-state index contributed by atoms with van der Waals surface area (Å²) in [5.41, 5.74) is 3.49. The molecule has 81 valence electrons. The average molecular weight is 368 g/mol. The van der Waals surface area contributed by atoms with Gasteiger partial charge in [-0.1, -0.05) is 37.6 Å². The van der Waals surface area contributed by atoms with E-state index in [1.165, 1.54) is 5.57 Å². The van der Waals surface area contributed by atoms with Gasteiger partial charge in [0.05, 0.1) is 0 Å². The van der Waals surface area contributed by atoms with Gasteiger partial charge in [-0.05, 0) is 13.8 Å². The van der Waals surface area contributed by atoms with Gasteiger partial charge in [-0.15, -0.1) is 6.42 Å². The Morgan fingerprint density at radius 3 is 2.00 bits per heavy atom. The quantitative estimate of drug-likeness (QED) is 0.506. The Kier molecular flexibility index (Phi) is 10.5. The van der Waals surface area contributed by atoms with Crippen LogP contribution in [0, 0.1) is 6.08 Å². The second-order valence-electron chi connectivity index (χ2n) is 3.22. The summed E-state index contributed by atoms with van der Waals surface area (Å²) in [5, 5.41) is 0. The maximum Gasteiger partial charge on any atom is 0 e. The summed E-state index contributed by atoms with van der Waals surface area (Å²) in [7, 11) is 0. The van der Waals surface area contributed by atoms with Crippen molar-refractivity contribution in [1.82, 2.24) is 0 Å². The maximum absolute atomic E-state index is 3.66. The molecule has 0 aromatic heterocycles. The molecule has 0 heterocycles. The van der Waals surface area contributed by atoms with Gasteiger partial charge in [0.2, 0.25) is 0 Å². The second-order valence-corrected chi connectivity index (χ2v) is 3.22. The zero-order chi connectivity index (χ0) is 10.3. The predicted molar refractivity (Wildman–Crippen MR) is 60.4 cm³/mol. The van der Waals surface area contributed by atoms with Crippen molar-refractivity contribution in [2.75, 3.05) is 0 Å². The molecule has 1 rings (SSSR count). The normalized spacial score (nSPS) is 12.1. The minimum absolute atomic E-state index is 0. The van der Waals surface area contributed by atoms with Crippen molar-refractivity contribution < 1.29 is 20.1 Å². The first-order valence-corrected chi connectivity index (χ1v) is 4.65. The van der Waals surface area contributed by atoms with Gasteiger partial charge in [-0.3, -0.25) is 6.08 Å². The SMILES string of the molecule is C=C(C)C(=C)C.CCC1=[C-]CC=C1.[Ir]. The zero-order valence-corrected chi connectivity index (χ0v) is 11.7. The molecular weight excluding hydrogens is 348 g/mol. The molecule has 1 aliphatic rings. The van der Waals surface area contributed by atoms with Crippen molar-refractivity contribution in [2.45, 2.75) is 33.6 Å². The number of allylic oxidation sites excluding steroid dienone is 6. The number of hydrogen-bond donors (Lipinski definition) is 0. The molecule has 0 aliphatic heterocycles. The van der Waals surface area contributed by atoms with E-state index in [2.05, 4.69) is 38.3 Å². The van der Waals surface area contributed by atoms with E-state index in [1.807, 2.05) is 13.8 Å². The van der Waals surface area contributed by atoms with Gasteiger partial charge >= 0.3 is 0 Å². The summed E-state index contributed by atoms with van der Waals surface area (Å²) < 4.78 is 0. The Bertz CT molecular complexity index is 232. The van der Waals surface area contributed by atoms with E-state index in [0.717, 1.165) is 24.0 Å². The molecule has 0 atom stereocenters. The monoisotopic (exact) mass is 368 g/mol. The van der Waals surface area contributed by atoms with Crippen molar-refractivity contribution >= 4 is 0 Å². The van der Waals surface area contributed by atoms with Crippen molar-refractivity contribution in [3.8, 4) is 0 Å². The summed E-state index contributed by atoms with van der Waals surface area (Å²) in [6, 6.07) is 0. The molecule has 1 heteroatoms. The fourth-order valence-electron chi connectivity index (χ4n) is 0.693. The fraction of sp³-hybridized carbons (Fsp3) is 0.385. The van der Waals surface area contributed by atoms with Gasteiger partial charge in [-0.25, -0.2) is 11.6 Å². The van der Waals surface area contributed by atoms with Crippen LogP contribution in [-0.2, 0) is 20.1 Å². The van der Waals surface area contributed by atoms with Crippen LogP contribution in [0.5, 0.6) is 0 Å². The van der Waals surface area contributed by atoms with Crippen molar-refractivity contribution in [3.05, 3.63) is 48.1 Å². The van der Waals surface area contributed by atoms with E-state index in [1.54, 1.807) is 0 Å². The van der Waals surface area contributed by atoms with E-state index < -0.39 is 0 Å². The van der Waals surface area contributed by atoms with Gasteiger partial charge in [0.1, 0.15) is 0 Å². The number of rotatable bonds is 2. The Hall–Kier alpha value is -0.391. The molecular formula is C13H19Ir-. The smallest absolute Gasteiger partial charge is 0 e. The molecule has 0 spiro atoms. The summed E-state index contributed by atoms with van der Waals surface area (Å²) in [6.45, 7) is 13.4. The second kappa shape index (κ2) is 9.18. The molecule has 1 aliphatic carbocycles. The molecule has 0 unspecified atom stereocenters. The molecule has 1 radical (unpaired) electrons. The average Bonchev–Trinajstić information content (AvgIpc) is 2.56. The van der Waals surface area contributed by atoms with Crippen LogP contribution in [-0.4, -0.2) is 0 Å². The van der Waals surface area contributed by atoms with Gasteiger partial charge < -0.3 is 0 Å². The summed E-state index contributed by atoms with van der Waals surface area (Å²) in [4.78, 5) is 0. The summed E-state index contributed by atoms with van der Waals surface area (Å²) in [5.74, 6) is 0. The molecule has 0 amide bonds. The van der Waals surface area contributed by atoms with Crippen LogP contribution < -0.4 is 0 Å². The van der Waals surface area contributed by atoms with Crippen LogP contribution in [0.2, 0.25) is 0 Å². The minimum Gasteiger partial charge on any atom is -0.270 e. The third-order valence-corrected chi connectivity index (χ3v) is 1.88. The first kappa shape index (κ1) is 16.1. The van der Waals surface area contributed by atoms with Crippen LogP contribution in [0.1, 0.15) is 33.6 Å². The van der Waals surface area contributed by atoms with E-state index in [-0.39, 0.29) is 20.1 Å². The van der Waals surface area contributed by atoms with Crippen LogP contribution in [0.4, 0.5) is 0 Å². The summed E-state index contributed by atoms with van der Waals surface area (Å²) >= 11 is 0. The minimum atomic E-state index is 0. The van der Waals surface area contributed by atoms with Crippen molar-refractivity contribution in [3.63, 3.8) is 0 Å². The van der Waals surface area contributed by atoms with Crippen molar-refractivity contribution in [2.24, 2.45) is 0 Å². The Labute approximate surface area is 102 Å². The van der Waals surface area contributed by atoms with Crippen LogP contribution in [0.15, 0.2) is 42.0 Å². The molecule has 14 heavy (non-hydrogen) atoms. The third-order valence-electron chi connectivity index (χ3n) is 1.88. The zero-order valence-electron chi connectivity index (χ0n) is 9.32. The van der Waals surface area contributed by atoms with Gasteiger partial charge in [0, 0.05) is 20.1 Å². The number of hydrogen-bond acceptors (Lipinski definition) is 0. The standard InChI is InChI=1S/C7H9.C6H10.Ir/c1-2-7-5-3-4-6-7;1-5(2)6(3)4;/h3,5H,2,4H2,1H3;1,3H2,2,4H3;/q-1;;. The molecule has 0 saturated carbocycles. The first-order valence-electron chi connectivity index (χ1n) is 4.65. The third kappa shape index (κ3) is 8.22. The Morgan fingerprint density at radius 1 is 1.36 bits per heavy atom. The molecule has 0 N–H and O–H groups in total. The molecule has 0 bridgehead atoms.